The van der Waals surface area contributed by atoms with Gasteiger partial charge in [0.05, 0.1) is 0 Å². The van der Waals surface area contributed by atoms with Crippen molar-refractivity contribution in [1.29, 1.82) is 0 Å². The lowest BCUT2D eigenvalue weighted by molar-refractivity contribution is -0.423. The van der Waals surface area contributed by atoms with Crippen molar-refractivity contribution in [2.45, 2.75) is 0 Å². The number of hydrogen-bond acceptors (Lipinski definition) is 0. The highest BCUT2D eigenvalue weighted by Gasteiger charge is 1.62. The molecule has 0 aliphatic heterocycles. The van der Waals surface area contributed by atoms with Crippen LogP contribution in [0.3, 0.4) is 0 Å². The summed E-state index contributed by atoms with van der Waals surface area (Å²) in [4.78, 5) is 0. The van der Waals surface area contributed by atoms with Crippen LogP contribution in [-0.2, 0) is 4.42 Å². The standard InChI is InChI=1S/C2H4ClO/c1-4-2-3/h1-2H2/q+1. The molecule has 1 nitrogen and oxygen atoms in total. The Morgan fingerprint density at radius 1 is 2.00 bits per heavy atom. The maximum absolute atomic E-state index is 4.90. The van der Waals surface area contributed by atoms with E-state index in [0.29, 0.717) is 0 Å². The molecule has 2 heteroatoms. The van der Waals surface area contributed by atoms with E-state index in [1.165, 1.54) is 0 Å². The van der Waals surface area contributed by atoms with Gasteiger partial charge in [-0.15, -0.1) is 0 Å². The maximum atomic E-state index is 4.90. The first kappa shape index (κ1) is 3.96. The number of carbonyl (C=O) groups excluding carboxylic acids is 1. The Morgan fingerprint density at radius 3 is 2.25 bits per heavy atom. The van der Waals surface area contributed by atoms with Crippen molar-refractivity contribution in [3.8, 4) is 0 Å². The summed E-state index contributed by atoms with van der Waals surface area (Å²) in [6.45, 7) is 2.97. The summed E-state index contributed by atoms with van der Waals surface area (Å²) < 4.78 is 4.06. The van der Waals surface area contributed by atoms with Gasteiger partial charge in [0.2, 0.25) is 0 Å². The monoisotopic (exact) mass is 79.0 g/mol. The molecule has 0 saturated heterocycles. The van der Waals surface area contributed by atoms with E-state index < -0.39 is 0 Å². The molecule has 0 aliphatic rings. The molecule has 0 atom stereocenters. The smallest absolute Gasteiger partial charge is 0.254 e. The van der Waals surface area contributed by atoms with Gasteiger partial charge in [0, 0.05) is 0 Å². The Kier molecular flexibility index (Phi) is 2.93. The van der Waals surface area contributed by atoms with Crippen molar-refractivity contribution in [3.05, 3.63) is 0 Å². The average Bonchev–Trinajstić information content (AvgIpc) is 1.37. The Labute approximate surface area is 29.9 Å². The zero-order chi connectivity index (χ0) is 3.41. The van der Waals surface area contributed by atoms with Crippen LogP contribution in [0.4, 0.5) is 0 Å². The third-order valence-corrected chi connectivity index (χ3v) is 0.231. The Morgan fingerprint density at radius 2 is 2.25 bits per heavy atom. The molecule has 0 aromatic rings. The molecule has 0 spiro atoms. The highest BCUT2D eigenvalue weighted by molar-refractivity contribution is 6.16. The van der Waals surface area contributed by atoms with E-state index in [1.807, 2.05) is 0 Å². The zero-order valence-electron chi connectivity index (χ0n) is 2.20. The number of rotatable bonds is 1. The van der Waals surface area contributed by atoms with Gasteiger partial charge in [0.1, 0.15) is 0 Å². The lowest BCUT2D eigenvalue weighted by atomic mass is 11.6. The molecule has 24 valence electrons. The summed E-state index contributed by atoms with van der Waals surface area (Å²) >= 11 is 4.90. The van der Waals surface area contributed by atoms with Crippen molar-refractivity contribution in [2.24, 2.45) is 0 Å². The number of hydrogen-bond donors (Lipinski definition) is 0. The molecule has 0 N–H and O–H groups in total. The summed E-state index contributed by atoms with van der Waals surface area (Å²) in [5, 5.41) is 0. The van der Waals surface area contributed by atoms with Crippen LogP contribution in [0.25, 0.3) is 0 Å². The first-order valence-corrected chi connectivity index (χ1v) is 1.38. The van der Waals surface area contributed by atoms with Gasteiger partial charge in [-0.05, 0) is 11.6 Å². The fourth-order valence-corrected chi connectivity index (χ4v) is 0. The second-order valence-corrected chi connectivity index (χ2v) is 0.531. The first-order valence-electron chi connectivity index (χ1n) is 0.845. The van der Waals surface area contributed by atoms with Crippen molar-refractivity contribution in [2.75, 3.05) is 6.07 Å². The van der Waals surface area contributed by atoms with E-state index >= 15 is 0 Å². The van der Waals surface area contributed by atoms with Crippen LogP contribution in [0.2, 0.25) is 0 Å². The topological polar surface area (TPSA) is 11.3 Å². The minimum Gasteiger partial charge on any atom is -0.254 e. The van der Waals surface area contributed by atoms with Gasteiger partial charge in [-0.2, -0.15) is 0 Å². The van der Waals surface area contributed by atoms with Gasteiger partial charge in [-0.1, -0.05) is 0 Å². The van der Waals surface area contributed by atoms with Crippen molar-refractivity contribution in [1.82, 2.24) is 0 Å². The largest absolute Gasteiger partial charge is 0.336 e. The highest BCUT2D eigenvalue weighted by atomic mass is 35.5. The molecule has 0 rings (SSSR count). The molecule has 0 unspecified atom stereocenters. The van der Waals surface area contributed by atoms with Crippen LogP contribution < -0.4 is 0 Å². The number of halogens is 1. The van der Waals surface area contributed by atoms with E-state index in [4.69, 9.17) is 11.6 Å². The second-order valence-electron chi connectivity index (χ2n) is 0.313. The van der Waals surface area contributed by atoms with Gasteiger partial charge in [-0.25, -0.2) is 0 Å². The Hall–Kier alpha value is -0.0400. The molecule has 0 aliphatic carbocycles. The molecule has 0 amide bonds. The molecular weight excluding hydrogens is 75.5 g/mol. The molecule has 0 aromatic carbocycles. The van der Waals surface area contributed by atoms with Crippen molar-refractivity contribution >= 4 is 18.4 Å². The van der Waals surface area contributed by atoms with E-state index in [-0.39, 0.29) is 6.07 Å². The summed E-state index contributed by atoms with van der Waals surface area (Å²) in [7, 11) is 0. The van der Waals surface area contributed by atoms with Crippen LogP contribution in [-0.4, -0.2) is 12.9 Å². The quantitative estimate of drug-likeness (QED) is 0.321. The summed E-state index contributed by atoms with van der Waals surface area (Å²) in [5.74, 6) is 0. The van der Waals surface area contributed by atoms with Gasteiger partial charge in [-0.3, -0.25) is 4.42 Å². The zero-order valence-corrected chi connectivity index (χ0v) is 2.96. The van der Waals surface area contributed by atoms with Crippen LogP contribution in [0.15, 0.2) is 0 Å². The van der Waals surface area contributed by atoms with Crippen molar-refractivity contribution in [3.63, 3.8) is 0 Å². The van der Waals surface area contributed by atoms with Gasteiger partial charge in [0.25, 0.3) is 6.79 Å². The molecule has 0 fully saturated rings. The Balaban J connectivity index is 2.30. The summed E-state index contributed by atoms with van der Waals surface area (Å²) in [6, 6.07) is 0.181. The molecule has 0 saturated carbocycles. The molecule has 0 radical (unpaired) electrons. The average molecular weight is 79.5 g/mol. The third-order valence-electron chi connectivity index (χ3n) is 0.0772. The minimum atomic E-state index is 0.181. The van der Waals surface area contributed by atoms with E-state index in [1.54, 1.807) is 0 Å². The van der Waals surface area contributed by atoms with E-state index in [2.05, 4.69) is 11.2 Å². The van der Waals surface area contributed by atoms with Gasteiger partial charge >= 0.3 is 6.07 Å². The van der Waals surface area contributed by atoms with Gasteiger partial charge in [0.15, 0.2) is 0 Å². The minimum absolute atomic E-state index is 0.181. The van der Waals surface area contributed by atoms with Crippen LogP contribution in [0, 0.1) is 0 Å². The lowest BCUT2D eigenvalue weighted by Crippen LogP contribution is -1.59. The van der Waals surface area contributed by atoms with Crippen LogP contribution >= 0.6 is 11.6 Å². The summed E-state index contributed by atoms with van der Waals surface area (Å²) in [5.41, 5.74) is 0. The number of alkyl halides is 1. The predicted molar refractivity (Wildman–Crippen MR) is 17.8 cm³/mol. The SMILES string of the molecule is C=[O+]CCl. The molecule has 4 heavy (non-hydrogen) atoms. The predicted octanol–water partition coefficient (Wildman–Crippen LogP) is 0.547. The van der Waals surface area contributed by atoms with Gasteiger partial charge < -0.3 is 0 Å². The molecule has 0 bridgehead atoms. The second kappa shape index (κ2) is 2.96. The fraction of sp³-hybridized carbons (Fsp3) is 0.500. The van der Waals surface area contributed by atoms with Crippen LogP contribution in [0.1, 0.15) is 0 Å². The third kappa shape index (κ3) is 1.96. The van der Waals surface area contributed by atoms with E-state index in [0.717, 1.165) is 0 Å². The molecule has 0 aromatic heterocycles. The Bertz CT molecular complexity index is 20.0. The maximum Gasteiger partial charge on any atom is 0.336 e. The first-order chi connectivity index (χ1) is 1.91. The fourth-order valence-electron chi connectivity index (χ4n) is 0. The normalized spacial score (nSPS) is 6.25. The van der Waals surface area contributed by atoms with Crippen molar-refractivity contribution < 1.29 is 4.42 Å². The lowest BCUT2D eigenvalue weighted by Gasteiger charge is -1.45. The summed E-state index contributed by atoms with van der Waals surface area (Å²) in [6.07, 6.45) is 0. The van der Waals surface area contributed by atoms with E-state index in [9.17, 15) is 0 Å². The molecular formula is C2H4ClO+. The van der Waals surface area contributed by atoms with Crippen LogP contribution in [0.5, 0.6) is 0 Å². The molecule has 0 heterocycles. The highest BCUT2D eigenvalue weighted by Crippen LogP contribution is 1.59.